The smallest absolute Gasteiger partial charge is 0.408 e. The lowest BCUT2D eigenvalue weighted by Crippen LogP contribution is -2.50. The Balaban J connectivity index is 4.56. The predicted molar refractivity (Wildman–Crippen MR) is 64.1 cm³/mol. The van der Waals surface area contributed by atoms with Crippen molar-refractivity contribution in [2.75, 3.05) is 0 Å². The van der Waals surface area contributed by atoms with Gasteiger partial charge < -0.3 is 20.5 Å². The summed E-state index contributed by atoms with van der Waals surface area (Å²) in [5.41, 5.74) is -0.777. The number of nitrogens with one attached hydrogen (secondary N) is 2. The first-order valence-electron chi connectivity index (χ1n) is 5.94. The number of amides is 2. The van der Waals surface area contributed by atoms with Gasteiger partial charge in [-0.25, -0.2) is 4.79 Å². The van der Waals surface area contributed by atoms with Gasteiger partial charge in [0, 0.05) is 0 Å². The van der Waals surface area contributed by atoms with Crippen LogP contribution in [0.5, 0.6) is 0 Å². The Morgan fingerprint density at radius 3 is 2.11 bits per heavy atom. The van der Waals surface area contributed by atoms with Gasteiger partial charge in [0.15, 0.2) is 1.41 Å². The molecule has 0 aromatic rings. The monoisotopic (exact) mass is 261 g/mol. The maximum Gasteiger partial charge on any atom is 0.408 e. The fourth-order valence-electron chi connectivity index (χ4n) is 0.901. The molecule has 0 unspecified atom stereocenters. The molecule has 2 amide bonds. The Hall–Kier alpha value is -1.79. The van der Waals surface area contributed by atoms with Crippen LogP contribution in [0.1, 0.15) is 34.6 Å². The summed E-state index contributed by atoms with van der Waals surface area (Å²) in [6, 6.07) is -2.25. The molecule has 7 heteroatoms. The molecule has 0 saturated carbocycles. The SMILES string of the molecule is [2H]N(C(=O)OC(C)(C)C)[C@@H](C)C(=O)N[C@@H](C)C(=O)O. The highest BCUT2D eigenvalue weighted by molar-refractivity contribution is 5.88. The summed E-state index contributed by atoms with van der Waals surface area (Å²) in [7, 11) is 0. The molecule has 0 rings (SSSR count). The Labute approximate surface area is 107 Å². The van der Waals surface area contributed by atoms with Crippen LogP contribution in [0.4, 0.5) is 4.79 Å². The molecule has 0 heterocycles. The van der Waals surface area contributed by atoms with E-state index in [1.165, 1.54) is 13.8 Å². The standard InChI is InChI=1S/C11H20N2O5/c1-6(8(14)12-7(2)9(15)16)13-10(17)18-11(3,4)5/h6-7H,1-5H3,(H,12,14)(H,13,17)(H,15,16)/t6-,7-/m0/s1/i/hD. The van der Waals surface area contributed by atoms with E-state index in [1.807, 2.05) is 0 Å². The molecule has 0 radical (unpaired) electrons. The summed E-state index contributed by atoms with van der Waals surface area (Å²) in [4.78, 5) is 33.8. The van der Waals surface area contributed by atoms with Gasteiger partial charge in [-0.15, -0.1) is 0 Å². The first-order valence-corrected chi connectivity index (χ1v) is 5.50. The number of carboxylic acids is 1. The topological polar surface area (TPSA) is 105 Å². The van der Waals surface area contributed by atoms with Crippen molar-refractivity contribution in [3.05, 3.63) is 0 Å². The minimum Gasteiger partial charge on any atom is -0.480 e. The second kappa shape index (κ2) is 6.23. The van der Waals surface area contributed by atoms with E-state index >= 15 is 0 Å². The number of ether oxygens (including phenoxy) is 1. The van der Waals surface area contributed by atoms with Crippen LogP contribution in [0, 0.1) is 0 Å². The number of aliphatic carboxylic acids is 1. The fraction of sp³-hybridized carbons (Fsp3) is 0.727. The number of hydrogen-bond donors (Lipinski definition) is 3. The molecular weight excluding hydrogens is 240 g/mol. The maximum atomic E-state index is 11.6. The lowest BCUT2D eigenvalue weighted by atomic mass is 10.2. The minimum atomic E-state index is -1.20. The van der Waals surface area contributed by atoms with E-state index in [-0.39, 0.29) is 0 Å². The normalized spacial score (nSPS) is 15.1. The van der Waals surface area contributed by atoms with E-state index in [0.29, 0.717) is 5.31 Å². The summed E-state index contributed by atoms with van der Waals surface area (Å²) in [5.74, 6) is -1.94. The quantitative estimate of drug-likeness (QED) is 0.683. The van der Waals surface area contributed by atoms with Gasteiger partial charge in [-0.05, 0) is 34.6 Å². The van der Waals surface area contributed by atoms with E-state index in [1.54, 1.807) is 20.8 Å². The number of hydrogen-bond acceptors (Lipinski definition) is 4. The molecule has 0 bridgehead atoms. The van der Waals surface area contributed by atoms with Crippen molar-refractivity contribution < 1.29 is 25.6 Å². The summed E-state index contributed by atoms with van der Waals surface area (Å²) in [6.07, 6.45) is -0.974. The summed E-state index contributed by atoms with van der Waals surface area (Å²) < 4.78 is 12.4. The first kappa shape index (κ1) is 14.3. The molecule has 3 N–H and O–H groups in total. The van der Waals surface area contributed by atoms with Gasteiger partial charge in [-0.3, -0.25) is 9.59 Å². The molecule has 7 nitrogen and oxygen atoms in total. The zero-order valence-corrected chi connectivity index (χ0v) is 11.2. The van der Waals surface area contributed by atoms with Crippen molar-refractivity contribution in [3.8, 4) is 0 Å². The molecule has 0 fully saturated rings. The number of carbonyl (C=O) groups is 3. The fourth-order valence-corrected chi connectivity index (χ4v) is 0.901. The second-order valence-corrected chi connectivity index (χ2v) is 4.85. The number of carboxylic acid groups (broad SMARTS) is 1. The predicted octanol–water partition coefficient (Wildman–Crippen LogP) is 0.489. The van der Waals surface area contributed by atoms with Crippen molar-refractivity contribution in [2.45, 2.75) is 52.3 Å². The molecule has 104 valence electrons. The molecule has 0 saturated heterocycles. The van der Waals surface area contributed by atoms with E-state index in [0.717, 1.165) is 0 Å². The van der Waals surface area contributed by atoms with Crippen molar-refractivity contribution in [3.63, 3.8) is 0 Å². The highest BCUT2D eigenvalue weighted by Gasteiger charge is 2.23. The van der Waals surface area contributed by atoms with E-state index < -0.39 is 35.7 Å². The van der Waals surface area contributed by atoms with Crippen LogP contribution in [0.15, 0.2) is 0 Å². The summed E-state index contributed by atoms with van der Waals surface area (Å²) >= 11 is 0. The van der Waals surface area contributed by atoms with Gasteiger partial charge in [0.25, 0.3) is 0 Å². The zero-order chi connectivity index (χ0) is 15.4. The molecular formula is C11H20N2O5. The van der Waals surface area contributed by atoms with E-state index in [4.69, 9.17) is 11.3 Å². The molecule has 0 aromatic carbocycles. The summed E-state index contributed by atoms with van der Waals surface area (Å²) in [6.45, 7) is 7.50. The highest BCUT2D eigenvalue weighted by atomic mass is 16.6. The third kappa shape index (κ3) is 6.72. The van der Waals surface area contributed by atoms with E-state index in [9.17, 15) is 14.4 Å². The highest BCUT2D eigenvalue weighted by Crippen LogP contribution is 2.06. The molecule has 0 spiro atoms. The van der Waals surface area contributed by atoms with Crippen molar-refractivity contribution in [1.29, 1.82) is 0 Å². The molecule has 18 heavy (non-hydrogen) atoms. The van der Waals surface area contributed by atoms with Crippen LogP contribution < -0.4 is 10.6 Å². The molecule has 0 aliphatic carbocycles. The lowest BCUT2D eigenvalue weighted by Gasteiger charge is -2.22. The molecule has 2 atom stereocenters. The van der Waals surface area contributed by atoms with Gasteiger partial charge in [0.2, 0.25) is 5.91 Å². The summed E-state index contributed by atoms with van der Waals surface area (Å²) in [5, 5.41) is 11.2. The van der Waals surface area contributed by atoms with Gasteiger partial charge in [-0.1, -0.05) is 0 Å². The van der Waals surface area contributed by atoms with Gasteiger partial charge in [0.05, 0.1) is 0 Å². The Morgan fingerprint density at radius 1 is 1.22 bits per heavy atom. The van der Waals surface area contributed by atoms with Crippen molar-refractivity contribution in [1.82, 2.24) is 10.6 Å². The van der Waals surface area contributed by atoms with Crippen LogP contribution in [-0.4, -0.2) is 40.8 Å². The number of rotatable bonds is 4. The number of alkyl carbamates (subject to hydrolysis) is 1. The van der Waals surface area contributed by atoms with Crippen LogP contribution in [0.2, 0.25) is 1.41 Å². The van der Waals surface area contributed by atoms with Crippen LogP contribution in [-0.2, 0) is 14.3 Å². The third-order valence-electron chi connectivity index (χ3n) is 1.80. The Morgan fingerprint density at radius 2 is 1.72 bits per heavy atom. The largest absolute Gasteiger partial charge is 0.480 e. The average Bonchev–Trinajstić information content (AvgIpc) is 2.24. The molecule has 0 aromatic heterocycles. The van der Waals surface area contributed by atoms with Gasteiger partial charge >= 0.3 is 12.1 Å². The minimum absolute atomic E-state index is 0.370. The lowest BCUT2D eigenvalue weighted by molar-refractivity contribution is -0.141. The Bertz CT molecular complexity index is 367. The first-order chi connectivity index (χ1) is 8.45. The van der Waals surface area contributed by atoms with Crippen LogP contribution in [0.25, 0.3) is 0 Å². The Kier molecular flexibility index (Phi) is 4.94. The van der Waals surface area contributed by atoms with Gasteiger partial charge in [-0.2, -0.15) is 0 Å². The average molecular weight is 261 g/mol. The van der Waals surface area contributed by atoms with Crippen molar-refractivity contribution in [2.24, 2.45) is 0 Å². The van der Waals surface area contributed by atoms with Crippen LogP contribution >= 0.6 is 0 Å². The number of carbonyl (C=O) groups excluding carboxylic acids is 2. The van der Waals surface area contributed by atoms with Crippen molar-refractivity contribution >= 4 is 18.0 Å². The van der Waals surface area contributed by atoms with Gasteiger partial charge in [0.1, 0.15) is 17.7 Å². The second-order valence-electron chi connectivity index (χ2n) is 4.85. The van der Waals surface area contributed by atoms with E-state index in [2.05, 4.69) is 5.32 Å². The molecule has 0 aliphatic rings. The molecule has 0 aliphatic heterocycles. The van der Waals surface area contributed by atoms with Crippen LogP contribution in [0.3, 0.4) is 0 Å². The zero-order valence-electron chi connectivity index (χ0n) is 12.2. The maximum absolute atomic E-state index is 11.6. The third-order valence-corrected chi connectivity index (χ3v) is 1.80.